The summed E-state index contributed by atoms with van der Waals surface area (Å²) >= 11 is 3.42. The van der Waals surface area contributed by atoms with Crippen molar-refractivity contribution in [3.05, 3.63) is 69.4 Å². The van der Waals surface area contributed by atoms with Gasteiger partial charge in [-0.25, -0.2) is 9.18 Å². The van der Waals surface area contributed by atoms with E-state index >= 15 is 0 Å². The van der Waals surface area contributed by atoms with E-state index in [0.717, 1.165) is 16.1 Å². The second kappa shape index (κ2) is 6.63. The van der Waals surface area contributed by atoms with Gasteiger partial charge in [-0.05, 0) is 29.3 Å². The molecular formula is C15H12BrFO3. The van der Waals surface area contributed by atoms with Crippen molar-refractivity contribution in [2.24, 2.45) is 0 Å². The zero-order chi connectivity index (χ0) is 14.5. The normalized spacial score (nSPS) is 10.5. The molecule has 0 spiro atoms. The highest BCUT2D eigenvalue weighted by atomic mass is 79.9. The molecule has 0 atom stereocenters. The van der Waals surface area contributed by atoms with Gasteiger partial charge in [0.25, 0.3) is 0 Å². The van der Waals surface area contributed by atoms with Gasteiger partial charge in [-0.1, -0.05) is 40.2 Å². The summed E-state index contributed by atoms with van der Waals surface area (Å²) in [6, 6.07) is 11.6. The van der Waals surface area contributed by atoms with E-state index in [0.29, 0.717) is 12.2 Å². The Morgan fingerprint density at radius 3 is 2.65 bits per heavy atom. The molecule has 0 saturated heterocycles. The molecule has 0 heterocycles. The van der Waals surface area contributed by atoms with Crippen molar-refractivity contribution in [2.45, 2.75) is 13.2 Å². The lowest BCUT2D eigenvalue weighted by atomic mass is 10.1. The molecule has 1 N–H and O–H groups in total. The van der Waals surface area contributed by atoms with Gasteiger partial charge < -0.3 is 9.84 Å². The standard InChI is InChI=1S/C15H12BrFO3/c16-13-4-2-1-3-11(13)9-20-8-10-5-6-14(17)12(7-10)15(18)19/h1-7H,8-9H2,(H,18,19). The Balaban J connectivity index is 2.00. The number of carbonyl (C=O) groups is 1. The molecule has 104 valence electrons. The van der Waals surface area contributed by atoms with Gasteiger partial charge in [0.15, 0.2) is 0 Å². The molecule has 2 aromatic carbocycles. The van der Waals surface area contributed by atoms with Crippen LogP contribution in [0.3, 0.4) is 0 Å². The number of halogens is 2. The number of aromatic carboxylic acids is 1. The molecule has 2 rings (SSSR count). The van der Waals surface area contributed by atoms with Crippen LogP contribution in [0, 0.1) is 5.82 Å². The summed E-state index contributed by atoms with van der Waals surface area (Å²) in [6.07, 6.45) is 0. The van der Waals surface area contributed by atoms with Gasteiger partial charge in [-0.2, -0.15) is 0 Å². The second-order valence-electron chi connectivity index (χ2n) is 4.20. The highest BCUT2D eigenvalue weighted by Crippen LogP contribution is 2.18. The second-order valence-corrected chi connectivity index (χ2v) is 5.06. The van der Waals surface area contributed by atoms with E-state index in [1.807, 2.05) is 24.3 Å². The van der Waals surface area contributed by atoms with Gasteiger partial charge in [0, 0.05) is 4.47 Å². The molecule has 0 radical (unpaired) electrons. The van der Waals surface area contributed by atoms with Crippen LogP contribution in [0.25, 0.3) is 0 Å². The summed E-state index contributed by atoms with van der Waals surface area (Å²) in [6.45, 7) is 0.614. The number of hydrogen-bond acceptors (Lipinski definition) is 2. The van der Waals surface area contributed by atoms with E-state index < -0.39 is 11.8 Å². The first-order valence-electron chi connectivity index (χ1n) is 5.91. The summed E-state index contributed by atoms with van der Waals surface area (Å²) in [5, 5.41) is 8.84. The van der Waals surface area contributed by atoms with E-state index in [1.54, 1.807) is 0 Å². The average molecular weight is 339 g/mol. The van der Waals surface area contributed by atoms with Crippen LogP contribution in [0.4, 0.5) is 4.39 Å². The first-order valence-corrected chi connectivity index (χ1v) is 6.70. The molecule has 3 nitrogen and oxygen atoms in total. The largest absolute Gasteiger partial charge is 0.478 e. The maximum Gasteiger partial charge on any atom is 0.338 e. The van der Waals surface area contributed by atoms with Crippen LogP contribution < -0.4 is 0 Å². The predicted molar refractivity (Wildman–Crippen MR) is 76.0 cm³/mol. The number of benzene rings is 2. The first-order chi connectivity index (χ1) is 9.58. The Labute approximate surface area is 124 Å². The molecule has 0 aliphatic rings. The number of ether oxygens (including phenoxy) is 1. The van der Waals surface area contributed by atoms with Crippen molar-refractivity contribution in [1.29, 1.82) is 0 Å². The average Bonchev–Trinajstić information content (AvgIpc) is 2.42. The molecule has 0 amide bonds. The fourth-order valence-corrected chi connectivity index (χ4v) is 2.12. The van der Waals surface area contributed by atoms with Gasteiger partial charge in [0.2, 0.25) is 0 Å². The summed E-state index contributed by atoms with van der Waals surface area (Å²) in [5.74, 6) is -2.03. The topological polar surface area (TPSA) is 46.5 Å². The minimum absolute atomic E-state index is 0.224. The maximum absolute atomic E-state index is 13.2. The highest BCUT2D eigenvalue weighted by molar-refractivity contribution is 9.10. The van der Waals surface area contributed by atoms with Crippen LogP contribution in [0.15, 0.2) is 46.9 Å². The van der Waals surface area contributed by atoms with Crippen molar-refractivity contribution >= 4 is 21.9 Å². The Kier molecular flexibility index (Phi) is 4.87. The van der Waals surface area contributed by atoms with Crippen LogP contribution >= 0.6 is 15.9 Å². The molecule has 2 aromatic rings. The molecule has 0 aromatic heterocycles. The molecule has 0 aliphatic carbocycles. The smallest absolute Gasteiger partial charge is 0.338 e. The quantitative estimate of drug-likeness (QED) is 0.896. The third kappa shape index (κ3) is 3.65. The van der Waals surface area contributed by atoms with E-state index in [-0.39, 0.29) is 12.2 Å². The van der Waals surface area contributed by atoms with E-state index in [9.17, 15) is 9.18 Å². The summed E-state index contributed by atoms with van der Waals surface area (Å²) in [7, 11) is 0. The molecule has 0 bridgehead atoms. The first kappa shape index (κ1) is 14.7. The predicted octanol–water partition coefficient (Wildman–Crippen LogP) is 4.00. The van der Waals surface area contributed by atoms with Crippen LogP contribution in [0.5, 0.6) is 0 Å². The third-order valence-electron chi connectivity index (χ3n) is 2.75. The van der Waals surface area contributed by atoms with Crippen molar-refractivity contribution in [2.75, 3.05) is 0 Å². The lowest BCUT2D eigenvalue weighted by Gasteiger charge is -2.07. The Hall–Kier alpha value is -1.72. The molecule has 0 fully saturated rings. The Morgan fingerprint density at radius 1 is 1.20 bits per heavy atom. The van der Waals surface area contributed by atoms with Gasteiger partial charge >= 0.3 is 5.97 Å². The van der Waals surface area contributed by atoms with E-state index in [2.05, 4.69) is 15.9 Å². The Morgan fingerprint density at radius 2 is 1.95 bits per heavy atom. The molecule has 20 heavy (non-hydrogen) atoms. The maximum atomic E-state index is 13.2. The summed E-state index contributed by atoms with van der Waals surface area (Å²) in [4.78, 5) is 10.8. The zero-order valence-electron chi connectivity index (χ0n) is 10.5. The van der Waals surface area contributed by atoms with E-state index in [1.165, 1.54) is 12.1 Å². The lowest BCUT2D eigenvalue weighted by Crippen LogP contribution is -2.03. The minimum Gasteiger partial charge on any atom is -0.478 e. The van der Waals surface area contributed by atoms with Crippen LogP contribution in [-0.4, -0.2) is 11.1 Å². The number of rotatable bonds is 5. The van der Waals surface area contributed by atoms with Crippen molar-refractivity contribution in [1.82, 2.24) is 0 Å². The zero-order valence-corrected chi connectivity index (χ0v) is 12.1. The summed E-state index contributed by atoms with van der Waals surface area (Å²) in [5.41, 5.74) is 1.27. The fourth-order valence-electron chi connectivity index (χ4n) is 1.72. The highest BCUT2D eigenvalue weighted by Gasteiger charge is 2.10. The third-order valence-corrected chi connectivity index (χ3v) is 3.52. The van der Waals surface area contributed by atoms with Gasteiger partial charge in [0.05, 0.1) is 18.8 Å². The number of hydrogen-bond donors (Lipinski definition) is 1. The molecule has 5 heteroatoms. The number of carboxylic acid groups (broad SMARTS) is 1. The van der Waals surface area contributed by atoms with Crippen LogP contribution in [-0.2, 0) is 18.0 Å². The fraction of sp³-hybridized carbons (Fsp3) is 0.133. The monoisotopic (exact) mass is 338 g/mol. The van der Waals surface area contributed by atoms with Crippen molar-refractivity contribution in [3.63, 3.8) is 0 Å². The molecular weight excluding hydrogens is 327 g/mol. The van der Waals surface area contributed by atoms with Crippen LogP contribution in [0.1, 0.15) is 21.5 Å². The summed E-state index contributed by atoms with van der Waals surface area (Å²) < 4.78 is 19.7. The minimum atomic E-state index is -1.28. The van der Waals surface area contributed by atoms with Crippen molar-refractivity contribution in [3.8, 4) is 0 Å². The Bertz CT molecular complexity index is 628. The van der Waals surface area contributed by atoms with Gasteiger partial charge in [0.1, 0.15) is 5.82 Å². The molecule has 0 saturated carbocycles. The van der Waals surface area contributed by atoms with Gasteiger partial charge in [-0.3, -0.25) is 0 Å². The van der Waals surface area contributed by atoms with E-state index in [4.69, 9.17) is 9.84 Å². The SMILES string of the molecule is O=C(O)c1cc(COCc2ccccc2Br)ccc1F. The molecule has 0 aliphatic heterocycles. The number of carboxylic acids is 1. The molecule has 0 unspecified atom stereocenters. The lowest BCUT2D eigenvalue weighted by molar-refractivity contribution is 0.0691. The van der Waals surface area contributed by atoms with Gasteiger partial charge in [-0.15, -0.1) is 0 Å². The van der Waals surface area contributed by atoms with Crippen LogP contribution in [0.2, 0.25) is 0 Å². The van der Waals surface area contributed by atoms with Crippen molar-refractivity contribution < 1.29 is 19.0 Å².